The molecule has 5 nitrogen and oxygen atoms in total. The second-order valence-electron chi connectivity index (χ2n) is 10.6. The van der Waals surface area contributed by atoms with Crippen molar-refractivity contribution in [3.8, 4) is 0 Å². The molecule has 1 saturated carbocycles. The Balaban J connectivity index is 0.000000274. The van der Waals surface area contributed by atoms with E-state index in [1.165, 1.54) is 36.1 Å². The lowest BCUT2D eigenvalue weighted by molar-refractivity contribution is -0.110. The Hall–Kier alpha value is -1.57. The number of carbonyl (C=O) groups is 1. The summed E-state index contributed by atoms with van der Waals surface area (Å²) in [7, 11) is 3.14. The van der Waals surface area contributed by atoms with E-state index >= 15 is 0 Å². The quantitative estimate of drug-likeness (QED) is 0.552. The van der Waals surface area contributed by atoms with E-state index in [0.717, 1.165) is 49.3 Å². The summed E-state index contributed by atoms with van der Waals surface area (Å²) in [5.41, 5.74) is 5.23. The fourth-order valence-electron chi connectivity index (χ4n) is 5.33. The molecule has 2 aliphatic carbocycles. The number of allylic oxidation sites excluding steroid dienone is 1. The van der Waals surface area contributed by atoms with Crippen LogP contribution in [0.2, 0.25) is 0 Å². The molecule has 190 valence electrons. The van der Waals surface area contributed by atoms with E-state index in [1.807, 2.05) is 17.8 Å². The van der Waals surface area contributed by atoms with Gasteiger partial charge in [0, 0.05) is 43.0 Å². The van der Waals surface area contributed by atoms with Gasteiger partial charge in [0.05, 0.1) is 11.6 Å². The number of nitrogens with zero attached hydrogens (tertiary/aromatic N) is 2. The molecule has 2 aliphatic heterocycles. The fourth-order valence-corrected chi connectivity index (χ4v) is 6.31. The molecular weight excluding hydrogens is 449 g/mol. The largest absolute Gasteiger partial charge is 0.400 e. The Kier molecular flexibility index (Phi) is 9.10. The Morgan fingerprint density at radius 3 is 2.41 bits per heavy atom. The van der Waals surface area contributed by atoms with Crippen LogP contribution in [0.5, 0.6) is 0 Å². The molecule has 0 radical (unpaired) electrons. The van der Waals surface area contributed by atoms with Gasteiger partial charge in [0.15, 0.2) is 0 Å². The van der Waals surface area contributed by atoms with E-state index < -0.39 is 0 Å². The second-order valence-corrected chi connectivity index (χ2v) is 11.6. The molecule has 1 unspecified atom stereocenters. The minimum absolute atomic E-state index is 0.0488. The van der Waals surface area contributed by atoms with Gasteiger partial charge < -0.3 is 15.4 Å². The molecule has 2 atom stereocenters. The molecule has 1 aromatic rings. The summed E-state index contributed by atoms with van der Waals surface area (Å²) in [5.74, 6) is 3.46. The van der Waals surface area contributed by atoms with Gasteiger partial charge in [-0.1, -0.05) is 19.1 Å². The van der Waals surface area contributed by atoms with Gasteiger partial charge in [-0.05, 0) is 81.9 Å². The first-order chi connectivity index (χ1) is 16.2. The van der Waals surface area contributed by atoms with Crippen molar-refractivity contribution in [3.05, 3.63) is 46.4 Å². The van der Waals surface area contributed by atoms with Crippen molar-refractivity contribution in [1.82, 2.24) is 15.3 Å². The minimum atomic E-state index is -0.0488. The Morgan fingerprint density at radius 1 is 1.24 bits per heavy atom. The van der Waals surface area contributed by atoms with Crippen molar-refractivity contribution in [2.75, 3.05) is 25.7 Å². The van der Waals surface area contributed by atoms with Crippen molar-refractivity contribution < 1.29 is 14.3 Å². The lowest BCUT2D eigenvalue weighted by Gasteiger charge is -2.36. The SMILES string of the molecule is CC(C)N1C2=C(CC[C@@H](C)C2)C(c2cc(C3CC3)ccc2F)N1C.CC1(NC=O)CSC1.CO. The zero-order valence-electron chi connectivity index (χ0n) is 21.6. The molecule has 0 bridgehead atoms. The number of rotatable bonds is 5. The maximum absolute atomic E-state index is 14.8. The van der Waals surface area contributed by atoms with Crippen LogP contribution in [0, 0.1) is 11.7 Å². The predicted molar refractivity (Wildman–Crippen MR) is 139 cm³/mol. The number of aliphatic hydroxyl groups excluding tert-OH is 1. The van der Waals surface area contributed by atoms with Crippen LogP contribution in [0.4, 0.5) is 4.39 Å². The summed E-state index contributed by atoms with van der Waals surface area (Å²) in [5, 5.41) is 14.5. The maximum atomic E-state index is 14.8. The molecule has 4 aliphatic rings. The zero-order chi connectivity index (χ0) is 25.0. The highest BCUT2D eigenvalue weighted by Gasteiger charge is 2.41. The number of hydrogen-bond acceptors (Lipinski definition) is 5. The second kappa shape index (κ2) is 11.4. The summed E-state index contributed by atoms with van der Waals surface area (Å²) in [4.78, 5) is 9.89. The minimum Gasteiger partial charge on any atom is -0.400 e. The van der Waals surface area contributed by atoms with Gasteiger partial charge in [0.1, 0.15) is 5.82 Å². The van der Waals surface area contributed by atoms with Crippen molar-refractivity contribution in [2.24, 2.45) is 5.92 Å². The van der Waals surface area contributed by atoms with E-state index in [-0.39, 0.29) is 17.4 Å². The van der Waals surface area contributed by atoms with E-state index in [9.17, 15) is 9.18 Å². The molecule has 0 aromatic heterocycles. The van der Waals surface area contributed by atoms with Crippen molar-refractivity contribution in [2.45, 2.75) is 83.3 Å². The Morgan fingerprint density at radius 2 is 1.91 bits per heavy atom. The Labute approximate surface area is 209 Å². The number of hydrogen-bond donors (Lipinski definition) is 2. The molecule has 0 spiro atoms. The smallest absolute Gasteiger partial charge is 0.207 e. The van der Waals surface area contributed by atoms with Crippen molar-refractivity contribution >= 4 is 18.2 Å². The highest BCUT2D eigenvalue weighted by Crippen LogP contribution is 2.49. The number of benzene rings is 1. The molecule has 1 amide bonds. The maximum Gasteiger partial charge on any atom is 0.207 e. The first-order valence-electron chi connectivity index (χ1n) is 12.5. The van der Waals surface area contributed by atoms with Crippen LogP contribution in [0.1, 0.15) is 82.9 Å². The third kappa shape index (κ3) is 5.80. The molecule has 34 heavy (non-hydrogen) atoms. The van der Waals surface area contributed by atoms with Crippen LogP contribution in [-0.4, -0.2) is 58.8 Å². The van der Waals surface area contributed by atoms with Gasteiger partial charge >= 0.3 is 0 Å². The van der Waals surface area contributed by atoms with E-state index in [1.54, 1.807) is 6.07 Å². The van der Waals surface area contributed by atoms with E-state index in [2.05, 4.69) is 56.1 Å². The first kappa shape index (κ1) is 27.0. The summed E-state index contributed by atoms with van der Waals surface area (Å²) in [6.45, 7) is 8.86. The summed E-state index contributed by atoms with van der Waals surface area (Å²) in [6.07, 6.45) is 6.74. The fraction of sp³-hybridized carbons (Fsp3) is 0.667. The predicted octanol–water partition coefficient (Wildman–Crippen LogP) is 5.24. The summed E-state index contributed by atoms with van der Waals surface area (Å²) >= 11 is 1.86. The topological polar surface area (TPSA) is 55.8 Å². The lowest BCUT2D eigenvalue weighted by Crippen LogP contribution is -2.52. The molecule has 2 heterocycles. The molecule has 1 saturated heterocycles. The van der Waals surface area contributed by atoms with Crippen molar-refractivity contribution in [3.63, 3.8) is 0 Å². The van der Waals surface area contributed by atoms with Gasteiger partial charge in [0.2, 0.25) is 6.41 Å². The number of amides is 1. The van der Waals surface area contributed by atoms with Crippen LogP contribution in [0.3, 0.4) is 0 Å². The molecular formula is C27H42FN3O2S. The van der Waals surface area contributed by atoms with Gasteiger partial charge in [0.25, 0.3) is 0 Å². The molecule has 7 heteroatoms. The number of carbonyl (C=O) groups excluding carboxylic acids is 1. The highest BCUT2D eigenvalue weighted by atomic mass is 32.2. The van der Waals surface area contributed by atoms with E-state index in [0.29, 0.717) is 12.0 Å². The van der Waals surface area contributed by atoms with Crippen molar-refractivity contribution in [1.29, 1.82) is 0 Å². The number of thioether (sulfide) groups is 1. The Bertz CT molecular complexity index is 883. The zero-order valence-corrected chi connectivity index (χ0v) is 22.4. The number of likely N-dealkylation sites (N-methyl/N-ethyl adjacent to an activating group) is 1. The van der Waals surface area contributed by atoms with Gasteiger partial charge in [-0.15, -0.1) is 0 Å². The van der Waals surface area contributed by atoms with Crippen LogP contribution in [-0.2, 0) is 4.79 Å². The normalized spacial score (nSPS) is 25.5. The standard InChI is InChI=1S/C21H29FN2.C5H9NOS.CH4O/c1-13(2)24-20-11-14(3)5-9-17(20)21(23(24)4)18-12-16(15-6-7-15)8-10-19(18)22;1-5(6-4-7)2-8-3-5;1-2/h8,10,12-15,21H,5-7,9,11H2,1-4H3;4H,2-3H2,1H3,(H,6,7);2H,1H3/t14-,21?;;/m1../s1. The molecule has 1 aromatic carbocycles. The number of halogens is 1. The number of hydrazine groups is 1. The highest BCUT2D eigenvalue weighted by molar-refractivity contribution is 8.00. The number of aliphatic hydroxyl groups is 1. The molecule has 5 rings (SSSR count). The third-order valence-electron chi connectivity index (χ3n) is 7.24. The monoisotopic (exact) mass is 491 g/mol. The van der Waals surface area contributed by atoms with Crippen LogP contribution >= 0.6 is 11.8 Å². The summed E-state index contributed by atoms with van der Waals surface area (Å²) in [6, 6.07) is 6.32. The summed E-state index contributed by atoms with van der Waals surface area (Å²) < 4.78 is 14.8. The van der Waals surface area contributed by atoms with Gasteiger partial charge in [-0.3, -0.25) is 4.79 Å². The molecule has 2 fully saturated rings. The van der Waals surface area contributed by atoms with Gasteiger partial charge in [-0.25, -0.2) is 9.40 Å². The van der Waals surface area contributed by atoms with E-state index in [4.69, 9.17) is 5.11 Å². The van der Waals surface area contributed by atoms with Gasteiger partial charge in [-0.2, -0.15) is 11.8 Å². The van der Waals surface area contributed by atoms with Crippen LogP contribution in [0.15, 0.2) is 29.5 Å². The number of nitrogens with one attached hydrogen (secondary N) is 1. The first-order valence-corrected chi connectivity index (χ1v) is 13.7. The lowest BCUT2D eigenvalue weighted by atomic mass is 9.83. The average molecular weight is 492 g/mol. The third-order valence-corrected chi connectivity index (χ3v) is 8.92. The van der Waals surface area contributed by atoms with Crippen LogP contribution < -0.4 is 5.32 Å². The van der Waals surface area contributed by atoms with Crippen LogP contribution in [0.25, 0.3) is 0 Å². The molecule has 2 N–H and O–H groups in total. The average Bonchev–Trinajstić information content (AvgIpc) is 3.59.